The van der Waals surface area contributed by atoms with Gasteiger partial charge in [0.2, 0.25) is 0 Å². The molecule has 0 aliphatic rings. The van der Waals surface area contributed by atoms with Gasteiger partial charge in [0.05, 0.1) is 6.54 Å². The first kappa shape index (κ1) is 19.9. The number of aliphatic hydroxyl groups excluding tert-OH is 1. The molecule has 2 aromatic carbocycles. The summed E-state index contributed by atoms with van der Waals surface area (Å²) in [6, 6.07) is 19.5. The van der Waals surface area contributed by atoms with E-state index in [1.54, 1.807) is 6.20 Å². The molecule has 1 atom stereocenters. The first-order chi connectivity index (χ1) is 13.7. The van der Waals surface area contributed by atoms with Crippen molar-refractivity contribution in [2.75, 3.05) is 26.8 Å². The molecule has 1 N–H and O–H groups in total. The molecular formula is C22H27N3O3. The Morgan fingerprint density at radius 3 is 2.46 bits per heavy atom. The van der Waals surface area contributed by atoms with Crippen molar-refractivity contribution in [1.82, 2.24) is 14.7 Å². The summed E-state index contributed by atoms with van der Waals surface area (Å²) in [7, 11) is 1.99. The maximum Gasteiger partial charge on any atom is 0.119 e. The molecule has 0 spiro atoms. The summed E-state index contributed by atoms with van der Waals surface area (Å²) < 4.78 is 13.2. The van der Waals surface area contributed by atoms with Crippen molar-refractivity contribution in [2.24, 2.45) is 0 Å². The zero-order valence-electron chi connectivity index (χ0n) is 16.1. The summed E-state index contributed by atoms with van der Waals surface area (Å²) in [6.07, 6.45) is 3.13. The number of hydrogen-bond donors (Lipinski definition) is 1. The molecule has 0 aliphatic carbocycles. The van der Waals surface area contributed by atoms with Crippen molar-refractivity contribution in [1.29, 1.82) is 0 Å². The lowest BCUT2D eigenvalue weighted by molar-refractivity contribution is 0.0744. The standard InChI is InChI=1S/C22H27N3O3/c1-24(17-20(26)18-28-21-6-3-2-4-7-21)16-19-8-10-22(11-9-19)27-15-14-25-13-5-12-23-25/h2-13,20,26H,14-18H2,1H3/t20-/m1/s1. The van der Waals surface area contributed by atoms with E-state index in [2.05, 4.69) is 10.00 Å². The van der Waals surface area contributed by atoms with E-state index >= 15 is 0 Å². The van der Waals surface area contributed by atoms with Gasteiger partial charge in [-0.25, -0.2) is 0 Å². The third-order valence-electron chi connectivity index (χ3n) is 4.23. The van der Waals surface area contributed by atoms with Gasteiger partial charge in [-0.3, -0.25) is 9.58 Å². The van der Waals surface area contributed by atoms with E-state index in [9.17, 15) is 5.11 Å². The van der Waals surface area contributed by atoms with Gasteiger partial charge in [-0.15, -0.1) is 0 Å². The summed E-state index contributed by atoms with van der Waals surface area (Å²) in [6.45, 7) is 2.86. The number of hydrogen-bond acceptors (Lipinski definition) is 5. The molecule has 1 aromatic heterocycles. The summed E-state index contributed by atoms with van der Waals surface area (Å²) >= 11 is 0. The molecule has 0 bridgehead atoms. The summed E-state index contributed by atoms with van der Waals surface area (Å²) in [5, 5.41) is 14.3. The number of benzene rings is 2. The number of rotatable bonds is 11. The van der Waals surface area contributed by atoms with E-state index < -0.39 is 6.10 Å². The molecule has 3 aromatic rings. The van der Waals surface area contributed by atoms with Crippen LogP contribution in [-0.4, -0.2) is 52.7 Å². The van der Waals surface area contributed by atoms with E-state index in [1.165, 1.54) is 0 Å². The molecule has 0 fully saturated rings. The van der Waals surface area contributed by atoms with E-state index in [4.69, 9.17) is 9.47 Å². The first-order valence-electron chi connectivity index (χ1n) is 9.42. The smallest absolute Gasteiger partial charge is 0.119 e. The Morgan fingerprint density at radius 2 is 1.75 bits per heavy atom. The zero-order valence-corrected chi connectivity index (χ0v) is 16.1. The highest BCUT2D eigenvalue weighted by molar-refractivity contribution is 5.27. The number of ether oxygens (including phenoxy) is 2. The minimum Gasteiger partial charge on any atom is -0.492 e. The molecule has 148 valence electrons. The second kappa shape index (κ2) is 10.5. The topological polar surface area (TPSA) is 59.8 Å². The lowest BCUT2D eigenvalue weighted by atomic mass is 10.2. The molecule has 28 heavy (non-hydrogen) atoms. The minimum atomic E-state index is -0.546. The molecule has 6 nitrogen and oxygen atoms in total. The van der Waals surface area contributed by atoms with Crippen molar-refractivity contribution >= 4 is 0 Å². The van der Waals surface area contributed by atoms with Crippen LogP contribution in [-0.2, 0) is 13.1 Å². The molecule has 0 saturated heterocycles. The SMILES string of the molecule is CN(Cc1ccc(OCCn2cccn2)cc1)C[C@@H](O)COc1ccccc1. The molecule has 6 heteroatoms. The van der Waals surface area contributed by atoms with E-state index in [-0.39, 0.29) is 6.61 Å². The molecule has 0 aliphatic heterocycles. The molecule has 1 heterocycles. The first-order valence-corrected chi connectivity index (χ1v) is 9.42. The highest BCUT2D eigenvalue weighted by Crippen LogP contribution is 2.14. The van der Waals surface area contributed by atoms with Crippen molar-refractivity contribution in [2.45, 2.75) is 19.2 Å². The highest BCUT2D eigenvalue weighted by Gasteiger charge is 2.10. The Hall–Kier alpha value is -2.83. The second-order valence-electron chi connectivity index (χ2n) is 6.74. The summed E-state index contributed by atoms with van der Waals surface area (Å²) in [4.78, 5) is 2.08. The molecule has 3 rings (SSSR count). The fraction of sp³-hybridized carbons (Fsp3) is 0.318. The average Bonchev–Trinajstić information content (AvgIpc) is 3.22. The summed E-state index contributed by atoms with van der Waals surface area (Å²) in [5.41, 5.74) is 1.16. The van der Waals surface area contributed by atoms with Gasteiger partial charge in [-0.1, -0.05) is 30.3 Å². The Bertz CT molecular complexity index is 792. The normalized spacial score (nSPS) is 12.1. The van der Waals surface area contributed by atoms with Gasteiger partial charge in [-0.2, -0.15) is 5.10 Å². The van der Waals surface area contributed by atoms with Crippen LogP contribution < -0.4 is 9.47 Å². The number of aromatic nitrogens is 2. The van der Waals surface area contributed by atoms with Crippen LogP contribution in [0.15, 0.2) is 73.1 Å². The number of para-hydroxylation sites is 1. The van der Waals surface area contributed by atoms with Crippen LogP contribution in [0.1, 0.15) is 5.56 Å². The number of aliphatic hydroxyl groups is 1. The number of likely N-dealkylation sites (N-methyl/N-ethyl adjacent to an activating group) is 1. The van der Waals surface area contributed by atoms with Gasteiger partial charge in [-0.05, 0) is 42.9 Å². The van der Waals surface area contributed by atoms with Crippen molar-refractivity contribution < 1.29 is 14.6 Å². The fourth-order valence-electron chi connectivity index (χ4n) is 2.88. The molecule has 0 saturated carbocycles. The molecular weight excluding hydrogens is 354 g/mol. The van der Waals surface area contributed by atoms with Gasteiger partial charge in [0.25, 0.3) is 0 Å². The van der Waals surface area contributed by atoms with Crippen molar-refractivity contribution in [3.05, 3.63) is 78.6 Å². The molecule has 0 amide bonds. The highest BCUT2D eigenvalue weighted by atomic mass is 16.5. The number of nitrogens with zero attached hydrogens (tertiary/aromatic N) is 3. The Labute approximate surface area is 165 Å². The van der Waals surface area contributed by atoms with Gasteiger partial charge in [0, 0.05) is 25.5 Å². The fourth-order valence-corrected chi connectivity index (χ4v) is 2.88. The maximum absolute atomic E-state index is 10.2. The van der Waals surface area contributed by atoms with Crippen LogP contribution in [0.25, 0.3) is 0 Å². The van der Waals surface area contributed by atoms with Gasteiger partial charge in [0.15, 0.2) is 0 Å². The van der Waals surface area contributed by atoms with Gasteiger partial charge >= 0.3 is 0 Å². The van der Waals surface area contributed by atoms with Crippen LogP contribution in [0.3, 0.4) is 0 Å². The Morgan fingerprint density at radius 1 is 1.00 bits per heavy atom. The molecule has 0 radical (unpaired) electrons. The van der Waals surface area contributed by atoms with Crippen LogP contribution in [0, 0.1) is 0 Å². The monoisotopic (exact) mass is 381 g/mol. The van der Waals surface area contributed by atoms with Crippen LogP contribution >= 0.6 is 0 Å². The minimum absolute atomic E-state index is 0.275. The largest absolute Gasteiger partial charge is 0.492 e. The van der Waals surface area contributed by atoms with E-state index in [0.717, 1.165) is 30.2 Å². The van der Waals surface area contributed by atoms with Crippen molar-refractivity contribution in [3.63, 3.8) is 0 Å². The third kappa shape index (κ3) is 6.72. The summed E-state index contributed by atoms with van der Waals surface area (Å²) in [5.74, 6) is 1.61. The average molecular weight is 381 g/mol. The van der Waals surface area contributed by atoms with Gasteiger partial charge in [0.1, 0.15) is 30.8 Å². The Kier molecular flexibility index (Phi) is 7.46. The second-order valence-corrected chi connectivity index (χ2v) is 6.74. The van der Waals surface area contributed by atoms with Crippen LogP contribution in [0.4, 0.5) is 0 Å². The van der Waals surface area contributed by atoms with E-state index in [1.807, 2.05) is 78.6 Å². The van der Waals surface area contributed by atoms with Crippen LogP contribution in [0.2, 0.25) is 0 Å². The maximum atomic E-state index is 10.2. The third-order valence-corrected chi connectivity index (χ3v) is 4.23. The van der Waals surface area contributed by atoms with E-state index in [0.29, 0.717) is 13.2 Å². The quantitative estimate of drug-likeness (QED) is 0.553. The van der Waals surface area contributed by atoms with Crippen LogP contribution in [0.5, 0.6) is 11.5 Å². The Balaban J connectivity index is 1.36. The lowest BCUT2D eigenvalue weighted by Gasteiger charge is -2.21. The van der Waals surface area contributed by atoms with Gasteiger partial charge < -0.3 is 14.6 Å². The molecule has 0 unspecified atom stereocenters. The predicted molar refractivity (Wildman–Crippen MR) is 108 cm³/mol. The van der Waals surface area contributed by atoms with Crippen molar-refractivity contribution in [3.8, 4) is 11.5 Å². The lowest BCUT2D eigenvalue weighted by Crippen LogP contribution is -2.32. The zero-order chi connectivity index (χ0) is 19.6. The predicted octanol–water partition coefficient (Wildman–Crippen LogP) is 2.83.